The fourth-order valence-corrected chi connectivity index (χ4v) is 5.94. The number of rotatable bonds is 10. The van der Waals surface area contributed by atoms with Crippen LogP contribution in [0.15, 0.2) is 54.6 Å². The van der Waals surface area contributed by atoms with Crippen LogP contribution < -0.4 is 21.3 Å². The molecular formula is C32H47N5O3+2. The molecule has 4 rings (SSSR count). The molecule has 0 unspecified atom stereocenters. The molecule has 1 aliphatic carbocycles. The molecule has 8 heteroatoms. The van der Waals surface area contributed by atoms with E-state index in [-0.39, 0.29) is 23.8 Å². The highest BCUT2D eigenvalue weighted by Gasteiger charge is 2.31. The zero-order chi connectivity index (χ0) is 28.3. The maximum atomic E-state index is 13.5. The van der Waals surface area contributed by atoms with E-state index in [0.717, 1.165) is 43.7 Å². The zero-order valence-electron chi connectivity index (χ0n) is 24.0. The summed E-state index contributed by atoms with van der Waals surface area (Å²) in [5.41, 5.74) is 7.16. The highest BCUT2D eigenvalue weighted by atomic mass is 16.2. The van der Waals surface area contributed by atoms with Crippen LogP contribution in [0.25, 0.3) is 0 Å². The molecule has 2 atom stereocenters. The molecule has 6 N–H and O–H groups in total. The van der Waals surface area contributed by atoms with Crippen LogP contribution in [0.5, 0.6) is 0 Å². The first-order valence-corrected chi connectivity index (χ1v) is 15.1. The lowest BCUT2D eigenvalue weighted by Gasteiger charge is -2.34. The van der Waals surface area contributed by atoms with Crippen molar-refractivity contribution in [1.82, 2.24) is 10.2 Å². The Balaban J connectivity index is 1.32. The molecule has 1 heterocycles. The first-order chi connectivity index (χ1) is 19.4. The van der Waals surface area contributed by atoms with Crippen molar-refractivity contribution in [2.45, 2.75) is 76.9 Å². The highest BCUT2D eigenvalue weighted by Crippen LogP contribution is 2.25. The lowest BCUT2D eigenvalue weighted by atomic mass is 9.92. The van der Waals surface area contributed by atoms with Gasteiger partial charge in [-0.25, -0.2) is 0 Å². The molecule has 216 valence electrons. The minimum absolute atomic E-state index is 0.0266. The van der Waals surface area contributed by atoms with Gasteiger partial charge in [-0.1, -0.05) is 75.1 Å². The summed E-state index contributed by atoms with van der Waals surface area (Å²) in [7, 11) is 0. The summed E-state index contributed by atoms with van der Waals surface area (Å²) in [4.78, 5) is 42.0. The predicted molar refractivity (Wildman–Crippen MR) is 156 cm³/mol. The van der Waals surface area contributed by atoms with E-state index < -0.39 is 6.04 Å². The van der Waals surface area contributed by atoms with Crippen LogP contribution >= 0.6 is 0 Å². The third kappa shape index (κ3) is 8.63. The van der Waals surface area contributed by atoms with Gasteiger partial charge in [-0.15, -0.1) is 0 Å². The third-order valence-electron chi connectivity index (χ3n) is 8.50. The average molecular weight is 550 g/mol. The standard InChI is InChI=1S/C32H45N5O3/c1-2-29(38)35-28(32(40)37-20-18-36(19-21-37)23-25-10-6-5-7-11-25)22-24-14-16-27(17-15-24)34-31(39)30(33)26-12-8-3-4-9-13-26/h5-7,10-11,14-17,26,28,30H,2-4,8-9,12-13,18-23,33H2,1H3,(H,34,39)(H,35,38)/p+2/t28-,30+/m1/s1. The number of anilines is 1. The van der Waals surface area contributed by atoms with Crippen molar-refractivity contribution in [3.05, 3.63) is 65.7 Å². The number of carbonyl (C=O) groups excluding carboxylic acids is 3. The number of quaternary nitrogens is 2. The van der Waals surface area contributed by atoms with Gasteiger partial charge in [0.1, 0.15) is 12.6 Å². The largest absolute Gasteiger partial charge is 0.347 e. The van der Waals surface area contributed by atoms with Crippen molar-refractivity contribution < 1.29 is 25.0 Å². The van der Waals surface area contributed by atoms with Crippen molar-refractivity contribution in [2.75, 3.05) is 31.5 Å². The summed E-state index contributed by atoms with van der Waals surface area (Å²) in [6, 6.07) is 17.2. The molecule has 2 aromatic rings. The van der Waals surface area contributed by atoms with E-state index in [1.165, 1.54) is 36.1 Å². The third-order valence-corrected chi connectivity index (χ3v) is 8.50. The summed E-state index contributed by atoms with van der Waals surface area (Å²) in [6.45, 7) is 5.88. The van der Waals surface area contributed by atoms with E-state index in [4.69, 9.17) is 0 Å². The normalized spacial score (nSPS) is 18.4. The maximum absolute atomic E-state index is 13.5. The van der Waals surface area contributed by atoms with Crippen molar-refractivity contribution in [3.63, 3.8) is 0 Å². The maximum Gasteiger partial charge on any atom is 0.282 e. The van der Waals surface area contributed by atoms with Crippen LogP contribution in [0.1, 0.15) is 63.0 Å². The van der Waals surface area contributed by atoms with E-state index in [0.29, 0.717) is 31.8 Å². The molecule has 0 spiro atoms. The number of nitrogens with one attached hydrogen (secondary N) is 3. The fraction of sp³-hybridized carbons (Fsp3) is 0.531. The van der Waals surface area contributed by atoms with Crippen LogP contribution in [0, 0.1) is 5.92 Å². The molecule has 3 amide bonds. The molecule has 0 aromatic heterocycles. The van der Waals surface area contributed by atoms with E-state index >= 15 is 0 Å². The first kappa shape index (κ1) is 29.7. The van der Waals surface area contributed by atoms with E-state index in [2.05, 4.69) is 40.6 Å². The summed E-state index contributed by atoms with van der Waals surface area (Å²) < 4.78 is 0. The number of piperazine rings is 1. The monoisotopic (exact) mass is 549 g/mol. The van der Waals surface area contributed by atoms with Gasteiger partial charge in [0.25, 0.3) is 5.91 Å². The van der Waals surface area contributed by atoms with E-state index in [1.54, 1.807) is 6.92 Å². The zero-order valence-corrected chi connectivity index (χ0v) is 24.0. The van der Waals surface area contributed by atoms with Crippen LogP contribution in [0.3, 0.4) is 0 Å². The van der Waals surface area contributed by atoms with Crippen LogP contribution in [0.2, 0.25) is 0 Å². The number of hydrogen-bond donors (Lipinski definition) is 4. The molecule has 8 nitrogen and oxygen atoms in total. The van der Waals surface area contributed by atoms with Gasteiger partial charge in [-0.3, -0.25) is 14.4 Å². The Kier molecular flexibility index (Phi) is 11.1. The van der Waals surface area contributed by atoms with E-state index in [9.17, 15) is 14.4 Å². The average Bonchev–Trinajstić information content (AvgIpc) is 3.27. The first-order valence-electron chi connectivity index (χ1n) is 15.1. The summed E-state index contributed by atoms with van der Waals surface area (Å²) in [5.74, 6) is 0.158. The van der Waals surface area contributed by atoms with Gasteiger partial charge in [0.2, 0.25) is 11.8 Å². The lowest BCUT2D eigenvalue weighted by molar-refractivity contribution is -0.917. The van der Waals surface area contributed by atoms with Crippen molar-refractivity contribution in [2.24, 2.45) is 5.92 Å². The summed E-state index contributed by atoms with van der Waals surface area (Å²) >= 11 is 0. The Morgan fingerprint density at radius 3 is 2.20 bits per heavy atom. The number of amides is 3. The second-order valence-corrected chi connectivity index (χ2v) is 11.5. The van der Waals surface area contributed by atoms with Crippen molar-refractivity contribution >= 4 is 23.4 Å². The minimum atomic E-state index is -0.608. The molecule has 1 aliphatic heterocycles. The SMILES string of the molecule is CCC(=O)N[C@H](Cc1ccc(NC(=O)[C@@H]([NH3+])C2CCCCCC2)cc1)C(=O)N1CC[NH+](Cc2ccccc2)CC1. The number of benzene rings is 2. The van der Waals surface area contributed by atoms with Gasteiger partial charge >= 0.3 is 0 Å². The van der Waals surface area contributed by atoms with Crippen LogP contribution in [-0.2, 0) is 27.3 Å². The molecule has 1 saturated carbocycles. The van der Waals surface area contributed by atoms with Crippen molar-refractivity contribution in [1.29, 1.82) is 0 Å². The van der Waals surface area contributed by atoms with Gasteiger partial charge in [-0.05, 0) is 30.5 Å². The van der Waals surface area contributed by atoms with E-state index in [1.807, 2.05) is 35.2 Å². The molecule has 40 heavy (non-hydrogen) atoms. The smallest absolute Gasteiger partial charge is 0.282 e. The Hall–Kier alpha value is -3.23. The Bertz CT molecular complexity index is 1090. The summed E-state index contributed by atoms with van der Waals surface area (Å²) in [5, 5.41) is 5.98. The van der Waals surface area contributed by atoms with Crippen LogP contribution in [-0.4, -0.2) is 60.9 Å². The molecule has 0 radical (unpaired) electrons. The second kappa shape index (κ2) is 15.0. The molecular weight excluding hydrogens is 502 g/mol. The predicted octanol–water partition coefficient (Wildman–Crippen LogP) is 1.57. The van der Waals surface area contributed by atoms with Crippen molar-refractivity contribution in [3.8, 4) is 0 Å². The highest BCUT2D eigenvalue weighted by molar-refractivity contribution is 5.94. The van der Waals surface area contributed by atoms with Gasteiger partial charge < -0.3 is 26.2 Å². The molecule has 0 bridgehead atoms. The Morgan fingerprint density at radius 1 is 0.925 bits per heavy atom. The lowest BCUT2D eigenvalue weighted by Crippen LogP contribution is -3.13. The van der Waals surface area contributed by atoms with Gasteiger partial charge in [0.15, 0.2) is 6.04 Å². The van der Waals surface area contributed by atoms with Gasteiger partial charge in [0.05, 0.1) is 26.2 Å². The topological polar surface area (TPSA) is 111 Å². The molecule has 2 aliphatic rings. The quantitative estimate of drug-likeness (QED) is 0.338. The molecule has 1 saturated heterocycles. The Labute approximate surface area is 238 Å². The van der Waals surface area contributed by atoms with Gasteiger partial charge in [-0.2, -0.15) is 0 Å². The second-order valence-electron chi connectivity index (χ2n) is 11.5. The molecule has 2 aromatic carbocycles. The fourth-order valence-electron chi connectivity index (χ4n) is 5.94. The van der Waals surface area contributed by atoms with Gasteiger partial charge in [0, 0.05) is 30.0 Å². The summed E-state index contributed by atoms with van der Waals surface area (Å²) in [6.07, 6.45) is 7.74. The number of hydrogen-bond acceptors (Lipinski definition) is 3. The van der Waals surface area contributed by atoms with Crippen LogP contribution in [0.4, 0.5) is 5.69 Å². The number of nitrogens with zero attached hydrogens (tertiary/aromatic N) is 1. The molecule has 2 fully saturated rings. The minimum Gasteiger partial charge on any atom is -0.347 e. The number of carbonyl (C=O) groups is 3. The Morgan fingerprint density at radius 2 is 1.57 bits per heavy atom.